The first-order chi connectivity index (χ1) is 13.6. The number of nitrogens with zero attached hydrogens (tertiary/aromatic N) is 1. The van der Waals surface area contributed by atoms with Crippen LogP contribution in [0, 0.1) is 5.41 Å². The van der Waals surface area contributed by atoms with Crippen molar-refractivity contribution < 1.29 is 19.1 Å². The molecule has 0 saturated carbocycles. The second-order valence-corrected chi connectivity index (χ2v) is 14.3. The van der Waals surface area contributed by atoms with E-state index in [0.29, 0.717) is 12.2 Å². The van der Waals surface area contributed by atoms with E-state index >= 15 is 0 Å². The second-order valence-electron chi connectivity index (χ2n) is 8.89. The summed E-state index contributed by atoms with van der Waals surface area (Å²) >= 11 is 0. The fraction of sp³-hybridized carbons (Fsp3) is 0.478. The number of carbonyl (C=O) groups excluding carboxylic acids is 2. The van der Waals surface area contributed by atoms with Crippen LogP contribution in [-0.2, 0) is 25.6 Å². The number of ketones is 1. The Morgan fingerprint density at radius 3 is 2.45 bits per heavy atom. The topological polar surface area (TPSA) is 55.8 Å². The quantitative estimate of drug-likeness (QED) is 0.427. The maximum absolute atomic E-state index is 11.9. The van der Waals surface area contributed by atoms with Gasteiger partial charge in [0.25, 0.3) is 0 Å². The molecule has 0 bridgehead atoms. The molecule has 5 nitrogen and oxygen atoms in total. The van der Waals surface area contributed by atoms with Crippen molar-refractivity contribution in [3.8, 4) is 0 Å². The largest absolute Gasteiger partial charge is 0.500 e. The van der Waals surface area contributed by atoms with E-state index in [9.17, 15) is 9.59 Å². The van der Waals surface area contributed by atoms with Crippen molar-refractivity contribution in [3.63, 3.8) is 0 Å². The van der Waals surface area contributed by atoms with Crippen LogP contribution >= 0.6 is 0 Å². The van der Waals surface area contributed by atoms with Crippen molar-refractivity contribution in [1.82, 2.24) is 4.90 Å². The van der Waals surface area contributed by atoms with Crippen LogP contribution in [0.15, 0.2) is 54.3 Å². The van der Waals surface area contributed by atoms with Gasteiger partial charge in [-0.15, -0.1) is 0 Å². The standard InChI is InChI=1S/C23H33NO4Si/c1-19(25)28-17-23(12-11-21(26)15-22(23)27-2)13-14-24(18-29(3,4)5)16-20-9-7-6-8-10-20/h6-12,15H,13-14,16-18H2,1-5H3. The Kier molecular flexibility index (Phi) is 7.99. The molecule has 158 valence electrons. The Morgan fingerprint density at radius 2 is 1.86 bits per heavy atom. The Bertz CT molecular complexity index is 767. The zero-order valence-corrected chi connectivity index (χ0v) is 19.2. The van der Waals surface area contributed by atoms with E-state index in [-0.39, 0.29) is 18.4 Å². The molecule has 0 saturated heterocycles. The molecule has 0 radical (unpaired) electrons. The lowest BCUT2D eigenvalue weighted by Crippen LogP contribution is -2.43. The highest BCUT2D eigenvalue weighted by Crippen LogP contribution is 2.37. The fourth-order valence-electron chi connectivity index (χ4n) is 3.62. The minimum atomic E-state index is -1.34. The highest BCUT2D eigenvalue weighted by molar-refractivity contribution is 6.76. The molecular formula is C23H33NO4Si. The third kappa shape index (κ3) is 7.29. The smallest absolute Gasteiger partial charge is 0.302 e. The molecule has 0 amide bonds. The fourth-order valence-corrected chi connectivity index (χ4v) is 5.23. The molecule has 0 heterocycles. The van der Waals surface area contributed by atoms with Crippen LogP contribution in [0.4, 0.5) is 0 Å². The Labute approximate surface area is 175 Å². The number of methoxy groups -OCH3 is 1. The number of hydrogen-bond donors (Lipinski definition) is 0. The number of rotatable bonds is 10. The highest BCUT2D eigenvalue weighted by atomic mass is 28.3. The predicted molar refractivity (Wildman–Crippen MR) is 118 cm³/mol. The molecule has 6 heteroatoms. The number of ether oxygens (including phenoxy) is 2. The summed E-state index contributed by atoms with van der Waals surface area (Å²) in [6.07, 6.45) is 6.64. The molecular weight excluding hydrogens is 382 g/mol. The van der Waals surface area contributed by atoms with E-state index in [4.69, 9.17) is 9.47 Å². The van der Waals surface area contributed by atoms with Crippen LogP contribution in [0.25, 0.3) is 0 Å². The van der Waals surface area contributed by atoms with E-state index in [1.807, 2.05) is 12.1 Å². The number of esters is 1. The maximum Gasteiger partial charge on any atom is 0.302 e. The van der Waals surface area contributed by atoms with Gasteiger partial charge >= 0.3 is 5.97 Å². The summed E-state index contributed by atoms with van der Waals surface area (Å²) < 4.78 is 10.9. The molecule has 1 aromatic carbocycles. The molecule has 1 unspecified atom stereocenters. The normalized spacial score (nSPS) is 19.2. The van der Waals surface area contributed by atoms with Crippen LogP contribution in [0.1, 0.15) is 18.9 Å². The first-order valence-electron chi connectivity index (χ1n) is 10.0. The van der Waals surface area contributed by atoms with Gasteiger partial charge in [-0.05, 0) is 30.8 Å². The maximum atomic E-state index is 11.9. The van der Waals surface area contributed by atoms with Gasteiger partial charge in [-0.2, -0.15) is 0 Å². The summed E-state index contributed by atoms with van der Waals surface area (Å²) in [5, 5.41) is 0. The van der Waals surface area contributed by atoms with Gasteiger partial charge in [0, 0.05) is 19.5 Å². The molecule has 29 heavy (non-hydrogen) atoms. The van der Waals surface area contributed by atoms with Gasteiger partial charge in [-0.1, -0.05) is 56.0 Å². The van der Waals surface area contributed by atoms with Crippen molar-refractivity contribution in [3.05, 3.63) is 59.9 Å². The number of carbonyl (C=O) groups is 2. The molecule has 2 rings (SSSR count). The molecule has 0 fully saturated rings. The lowest BCUT2D eigenvalue weighted by atomic mass is 9.79. The number of benzene rings is 1. The van der Waals surface area contributed by atoms with Crippen molar-refractivity contribution in [2.24, 2.45) is 5.41 Å². The van der Waals surface area contributed by atoms with E-state index < -0.39 is 13.5 Å². The van der Waals surface area contributed by atoms with Gasteiger partial charge in [0.2, 0.25) is 0 Å². The van der Waals surface area contributed by atoms with Crippen molar-refractivity contribution >= 4 is 19.8 Å². The SMILES string of the molecule is COC1=CC(=O)C=CC1(CCN(Cc1ccccc1)C[Si](C)(C)C)COC(C)=O. The number of hydrogen-bond acceptors (Lipinski definition) is 5. The van der Waals surface area contributed by atoms with Gasteiger partial charge in [0.15, 0.2) is 5.78 Å². The minimum Gasteiger partial charge on any atom is -0.500 e. The molecule has 0 aliphatic heterocycles. The average molecular weight is 416 g/mol. The van der Waals surface area contributed by atoms with E-state index in [1.54, 1.807) is 13.2 Å². The summed E-state index contributed by atoms with van der Waals surface area (Å²) in [4.78, 5) is 25.8. The molecule has 1 atom stereocenters. The third-order valence-corrected chi connectivity index (χ3v) is 6.30. The summed E-state index contributed by atoms with van der Waals surface area (Å²) in [6, 6.07) is 10.4. The van der Waals surface area contributed by atoms with Crippen molar-refractivity contribution in [2.75, 3.05) is 26.4 Å². The van der Waals surface area contributed by atoms with Gasteiger partial charge in [0.05, 0.1) is 20.6 Å². The second kappa shape index (κ2) is 10.0. The molecule has 0 N–H and O–H groups in total. The van der Waals surface area contributed by atoms with Gasteiger partial charge in [-0.3, -0.25) is 9.59 Å². The van der Waals surface area contributed by atoms with E-state index in [0.717, 1.165) is 19.3 Å². The van der Waals surface area contributed by atoms with E-state index in [2.05, 4.69) is 48.8 Å². The van der Waals surface area contributed by atoms with E-state index in [1.165, 1.54) is 18.6 Å². The lowest BCUT2D eigenvalue weighted by Gasteiger charge is -2.36. The van der Waals surface area contributed by atoms with Crippen LogP contribution in [0.5, 0.6) is 0 Å². The summed E-state index contributed by atoms with van der Waals surface area (Å²) in [5.41, 5.74) is 0.652. The summed E-state index contributed by atoms with van der Waals surface area (Å²) in [5.74, 6) is 0.107. The molecule has 1 aromatic rings. The summed E-state index contributed by atoms with van der Waals surface area (Å²) in [7, 11) is 0.225. The minimum absolute atomic E-state index is 0.108. The zero-order valence-electron chi connectivity index (χ0n) is 18.2. The number of allylic oxidation sites excluding steroid dienone is 2. The molecule has 0 aromatic heterocycles. The monoisotopic (exact) mass is 415 g/mol. The van der Waals surface area contributed by atoms with Gasteiger partial charge in [0.1, 0.15) is 12.4 Å². The molecule has 1 aliphatic carbocycles. The first kappa shape index (κ1) is 23.1. The lowest BCUT2D eigenvalue weighted by molar-refractivity contribution is -0.143. The Balaban J connectivity index is 2.22. The van der Waals surface area contributed by atoms with Gasteiger partial charge in [-0.25, -0.2) is 0 Å². The molecule has 0 spiro atoms. The summed E-state index contributed by atoms with van der Waals surface area (Å²) in [6.45, 7) is 10.3. The third-order valence-electron chi connectivity index (χ3n) is 4.90. The Morgan fingerprint density at radius 1 is 1.17 bits per heavy atom. The van der Waals surface area contributed by atoms with Crippen LogP contribution < -0.4 is 0 Å². The van der Waals surface area contributed by atoms with Crippen LogP contribution in [-0.4, -0.2) is 51.2 Å². The van der Waals surface area contributed by atoms with Crippen LogP contribution in [0.3, 0.4) is 0 Å². The predicted octanol–water partition coefficient (Wildman–Crippen LogP) is 3.97. The first-order valence-corrected chi connectivity index (χ1v) is 13.7. The Hall–Kier alpha value is -2.18. The average Bonchev–Trinajstić information content (AvgIpc) is 2.65. The van der Waals surface area contributed by atoms with Crippen LogP contribution in [0.2, 0.25) is 19.6 Å². The van der Waals surface area contributed by atoms with Gasteiger partial charge < -0.3 is 14.4 Å². The van der Waals surface area contributed by atoms with Crippen molar-refractivity contribution in [2.45, 2.75) is 39.5 Å². The van der Waals surface area contributed by atoms with Crippen molar-refractivity contribution in [1.29, 1.82) is 0 Å². The zero-order chi connectivity index (χ0) is 21.5. The molecule has 1 aliphatic rings. The highest BCUT2D eigenvalue weighted by Gasteiger charge is 2.38.